The Balaban J connectivity index is 1.21. The first-order chi connectivity index (χ1) is 27.3. The molecule has 12 rings (SSSR count). The quantitative estimate of drug-likeness (QED) is 0.164. The van der Waals surface area contributed by atoms with Crippen LogP contribution >= 0.6 is 0 Å². The molecular weight excluding hydrogens is 637 g/mol. The second kappa shape index (κ2) is 10.3. The highest BCUT2D eigenvalue weighted by Gasteiger charge is 2.35. The van der Waals surface area contributed by atoms with Crippen molar-refractivity contribution in [2.75, 3.05) is 0 Å². The molecule has 0 spiro atoms. The van der Waals surface area contributed by atoms with Crippen molar-refractivity contribution in [3.8, 4) is 44.5 Å². The van der Waals surface area contributed by atoms with E-state index in [2.05, 4.69) is 166 Å². The maximum Gasteiger partial charge on any atom is 0.0636 e. The number of hydrogen-bond acceptors (Lipinski definition) is 0. The molecule has 11 aromatic carbocycles. The standard InChI is InChI=1S/C53H34/c1-53(2)47-12-4-3-11-43(47)44-24-21-37(30-48(44)53)38-27-39(41-22-17-35-15-13-31-7-5-9-33-19-25-45(41)51(35)49(31)33)29-40(28-38)42-23-18-36-16-14-32-8-6-10-34-20-26-46(42)52(36)50(32)34/h3-30H,1-2H3/i27D,28D,29D. The van der Waals surface area contributed by atoms with Gasteiger partial charge in [-0.15, -0.1) is 0 Å². The van der Waals surface area contributed by atoms with Gasteiger partial charge in [0.1, 0.15) is 0 Å². The fourth-order valence-corrected chi connectivity index (χ4v) is 9.65. The van der Waals surface area contributed by atoms with Gasteiger partial charge in [-0.3, -0.25) is 0 Å². The lowest BCUT2D eigenvalue weighted by molar-refractivity contribution is 0.660. The lowest BCUT2D eigenvalue weighted by Crippen LogP contribution is -2.14. The van der Waals surface area contributed by atoms with Gasteiger partial charge in [0.2, 0.25) is 0 Å². The normalized spacial score (nSPS) is 14.4. The molecule has 0 amide bonds. The SMILES string of the molecule is [2H]c1c(-c2ccc3c(c2)C(C)(C)c2ccccc2-3)c([2H])c(-c2ccc3ccc4cccc5ccc2c3c45)c([2H])c1-c1ccc2ccc3cccc4ccc1c2c34. The van der Waals surface area contributed by atoms with E-state index in [0.717, 1.165) is 49.0 Å². The third-order valence-corrected chi connectivity index (χ3v) is 12.2. The summed E-state index contributed by atoms with van der Waals surface area (Å²) in [6, 6.07) is 54.4. The zero-order valence-corrected chi connectivity index (χ0v) is 29.4. The zero-order valence-electron chi connectivity index (χ0n) is 32.4. The summed E-state index contributed by atoms with van der Waals surface area (Å²) in [4.78, 5) is 0. The van der Waals surface area contributed by atoms with E-state index in [-0.39, 0.29) is 23.5 Å². The molecule has 0 heteroatoms. The smallest absolute Gasteiger partial charge is 0.0619 e. The van der Waals surface area contributed by atoms with E-state index in [1.807, 2.05) is 0 Å². The first-order valence-corrected chi connectivity index (χ1v) is 18.5. The Bertz CT molecular complexity index is 3270. The van der Waals surface area contributed by atoms with Crippen LogP contribution < -0.4 is 0 Å². The Morgan fingerprint density at radius 3 is 1.34 bits per heavy atom. The average molecular weight is 674 g/mol. The van der Waals surface area contributed by atoms with Gasteiger partial charge in [-0.05, 0) is 144 Å². The van der Waals surface area contributed by atoms with Crippen LogP contribution in [0, 0.1) is 0 Å². The fraction of sp³-hybridized carbons (Fsp3) is 0.0566. The van der Waals surface area contributed by atoms with E-state index in [0.29, 0.717) is 16.7 Å². The molecule has 0 nitrogen and oxygen atoms in total. The van der Waals surface area contributed by atoms with Crippen LogP contribution in [0.25, 0.3) is 109 Å². The summed E-state index contributed by atoms with van der Waals surface area (Å²) in [5.41, 5.74) is 8.86. The molecule has 0 radical (unpaired) electrons. The van der Waals surface area contributed by atoms with E-state index >= 15 is 0 Å². The summed E-state index contributed by atoms with van der Waals surface area (Å²) in [6.45, 7) is 4.54. The fourth-order valence-electron chi connectivity index (χ4n) is 9.65. The Morgan fingerprint density at radius 2 is 0.774 bits per heavy atom. The Kier molecular flexibility index (Phi) is 5.11. The molecule has 1 aliphatic carbocycles. The van der Waals surface area contributed by atoms with Crippen LogP contribution in [0.2, 0.25) is 0 Å². The zero-order chi connectivity index (χ0) is 37.6. The van der Waals surface area contributed by atoms with Gasteiger partial charge in [0.25, 0.3) is 0 Å². The summed E-state index contributed by atoms with van der Waals surface area (Å²) in [7, 11) is 0. The molecule has 11 aromatic rings. The van der Waals surface area contributed by atoms with Crippen LogP contribution in [-0.2, 0) is 5.41 Å². The third kappa shape index (κ3) is 3.96. The molecule has 246 valence electrons. The Morgan fingerprint density at radius 1 is 0.340 bits per heavy atom. The lowest BCUT2D eigenvalue weighted by atomic mass is 9.81. The van der Waals surface area contributed by atoms with Gasteiger partial charge < -0.3 is 0 Å². The van der Waals surface area contributed by atoms with Crippen molar-refractivity contribution in [2.45, 2.75) is 19.3 Å². The maximum absolute atomic E-state index is 10.2. The minimum Gasteiger partial charge on any atom is -0.0619 e. The molecule has 0 saturated carbocycles. The van der Waals surface area contributed by atoms with E-state index in [4.69, 9.17) is 0 Å². The van der Waals surface area contributed by atoms with Crippen molar-refractivity contribution in [1.82, 2.24) is 0 Å². The topological polar surface area (TPSA) is 0 Å². The molecule has 1 aliphatic rings. The number of benzene rings is 11. The molecule has 0 bridgehead atoms. The van der Waals surface area contributed by atoms with Gasteiger partial charge in [-0.2, -0.15) is 0 Å². The molecule has 0 fully saturated rings. The molecule has 53 heavy (non-hydrogen) atoms. The van der Waals surface area contributed by atoms with Crippen LogP contribution in [0.1, 0.15) is 29.1 Å². The van der Waals surface area contributed by atoms with Crippen molar-refractivity contribution >= 4 is 64.6 Å². The van der Waals surface area contributed by atoms with Crippen molar-refractivity contribution in [3.05, 3.63) is 181 Å². The summed E-state index contributed by atoms with van der Waals surface area (Å²) in [5, 5.41) is 13.7. The predicted molar refractivity (Wildman–Crippen MR) is 228 cm³/mol. The van der Waals surface area contributed by atoms with Crippen LogP contribution in [0.3, 0.4) is 0 Å². The van der Waals surface area contributed by atoms with Gasteiger partial charge in [0, 0.05) is 5.41 Å². The van der Waals surface area contributed by atoms with Gasteiger partial charge in [-0.25, -0.2) is 0 Å². The second-order valence-electron chi connectivity index (χ2n) is 15.4. The van der Waals surface area contributed by atoms with Gasteiger partial charge in [0.15, 0.2) is 0 Å². The summed E-state index contributed by atoms with van der Waals surface area (Å²) >= 11 is 0. The molecule has 0 heterocycles. The number of rotatable bonds is 3. The molecule has 0 atom stereocenters. The van der Waals surface area contributed by atoms with Crippen molar-refractivity contribution in [2.24, 2.45) is 0 Å². The van der Waals surface area contributed by atoms with Crippen LogP contribution in [0.5, 0.6) is 0 Å². The molecular formula is C53H34. The molecule has 0 unspecified atom stereocenters. The second-order valence-corrected chi connectivity index (χ2v) is 15.4. The molecule has 0 N–H and O–H groups in total. The minimum atomic E-state index is -0.245. The molecule has 0 saturated heterocycles. The molecule has 0 aliphatic heterocycles. The third-order valence-electron chi connectivity index (χ3n) is 12.2. The minimum absolute atomic E-state index is 0.211. The van der Waals surface area contributed by atoms with Gasteiger partial charge >= 0.3 is 0 Å². The van der Waals surface area contributed by atoms with E-state index in [1.165, 1.54) is 54.6 Å². The highest BCUT2D eigenvalue weighted by molar-refractivity contribution is 6.27. The highest BCUT2D eigenvalue weighted by Crippen LogP contribution is 2.50. The van der Waals surface area contributed by atoms with Crippen molar-refractivity contribution in [3.63, 3.8) is 0 Å². The maximum atomic E-state index is 10.2. The van der Waals surface area contributed by atoms with Gasteiger partial charge in [0.05, 0.1) is 4.11 Å². The van der Waals surface area contributed by atoms with E-state index in [9.17, 15) is 4.11 Å². The van der Waals surface area contributed by atoms with Crippen molar-refractivity contribution in [1.29, 1.82) is 0 Å². The van der Waals surface area contributed by atoms with Crippen LogP contribution in [0.4, 0.5) is 0 Å². The van der Waals surface area contributed by atoms with E-state index in [1.54, 1.807) is 0 Å². The Labute approximate surface area is 312 Å². The average Bonchev–Trinajstić information content (AvgIpc) is 3.45. The lowest BCUT2D eigenvalue weighted by Gasteiger charge is -2.22. The predicted octanol–water partition coefficient (Wildman–Crippen LogP) is 14.8. The van der Waals surface area contributed by atoms with Crippen LogP contribution in [-0.4, -0.2) is 0 Å². The monoisotopic (exact) mass is 673 g/mol. The highest BCUT2D eigenvalue weighted by atomic mass is 14.4. The first-order valence-electron chi connectivity index (χ1n) is 20.0. The van der Waals surface area contributed by atoms with Crippen molar-refractivity contribution < 1.29 is 4.11 Å². The first kappa shape index (κ1) is 26.3. The van der Waals surface area contributed by atoms with E-state index < -0.39 is 0 Å². The largest absolute Gasteiger partial charge is 0.0636 e. The van der Waals surface area contributed by atoms with Gasteiger partial charge in [-0.1, -0.05) is 159 Å². The summed E-state index contributed by atoms with van der Waals surface area (Å²) < 4.78 is 30.4. The number of fused-ring (bicyclic) bond motifs is 3. The number of hydrogen-bond donors (Lipinski definition) is 0. The Hall–Kier alpha value is -6.50. The van der Waals surface area contributed by atoms with Crippen LogP contribution in [0.15, 0.2) is 170 Å². The molecule has 0 aromatic heterocycles. The summed E-state index contributed by atoms with van der Waals surface area (Å²) in [5.74, 6) is 0. The summed E-state index contributed by atoms with van der Waals surface area (Å²) in [6.07, 6.45) is 0.